The highest BCUT2D eigenvalue weighted by molar-refractivity contribution is 5.62. The van der Waals surface area contributed by atoms with E-state index in [4.69, 9.17) is 9.47 Å². The molecule has 22 heavy (non-hydrogen) atoms. The van der Waals surface area contributed by atoms with E-state index < -0.39 is 0 Å². The van der Waals surface area contributed by atoms with Crippen molar-refractivity contribution in [3.05, 3.63) is 30.0 Å². The highest BCUT2D eigenvalue weighted by atomic mass is 16.5. The van der Waals surface area contributed by atoms with Gasteiger partial charge in [-0.25, -0.2) is 4.98 Å². The first-order chi connectivity index (χ1) is 10.7. The molecule has 1 aliphatic carbocycles. The van der Waals surface area contributed by atoms with Crippen LogP contribution in [0.1, 0.15) is 24.5 Å². The summed E-state index contributed by atoms with van der Waals surface area (Å²) in [4.78, 5) is 8.96. The van der Waals surface area contributed by atoms with Crippen molar-refractivity contribution in [2.75, 3.05) is 31.9 Å². The zero-order valence-electron chi connectivity index (χ0n) is 13.0. The Labute approximate surface area is 129 Å². The van der Waals surface area contributed by atoms with E-state index in [1.807, 2.05) is 31.3 Å². The minimum Gasteiger partial charge on any atom is -0.493 e. The highest BCUT2D eigenvalue weighted by Crippen LogP contribution is 2.40. The Morgan fingerprint density at radius 1 is 1.05 bits per heavy atom. The molecule has 2 N–H and O–H groups in total. The summed E-state index contributed by atoms with van der Waals surface area (Å²) >= 11 is 0. The van der Waals surface area contributed by atoms with Gasteiger partial charge in [0.1, 0.15) is 5.82 Å². The molecule has 1 heterocycles. The van der Waals surface area contributed by atoms with Crippen LogP contribution in [-0.2, 0) is 0 Å². The average Bonchev–Trinajstić information content (AvgIpc) is 3.39. The second-order valence-corrected chi connectivity index (χ2v) is 5.22. The van der Waals surface area contributed by atoms with Crippen LogP contribution in [0.15, 0.2) is 24.3 Å². The lowest BCUT2D eigenvalue weighted by atomic mass is 10.2. The Bertz CT molecular complexity index is 671. The van der Waals surface area contributed by atoms with E-state index >= 15 is 0 Å². The van der Waals surface area contributed by atoms with Crippen LogP contribution in [-0.4, -0.2) is 31.2 Å². The normalized spacial score (nSPS) is 13.6. The molecule has 1 aliphatic rings. The van der Waals surface area contributed by atoms with Crippen molar-refractivity contribution in [2.45, 2.75) is 18.8 Å². The molecule has 1 aromatic heterocycles. The van der Waals surface area contributed by atoms with Crippen molar-refractivity contribution in [3.8, 4) is 11.5 Å². The van der Waals surface area contributed by atoms with Gasteiger partial charge in [-0.2, -0.15) is 4.98 Å². The number of benzene rings is 1. The smallest absolute Gasteiger partial charge is 0.224 e. The second-order valence-electron chi connectivity index (χ2n) is 5.22. The number of hydrogen-bond acceptors (Lipinski definition) is 6. The summed E-state index contributed by atoms with van der Waals surface area (Å²) in [5.41, 5.74) is 1.97. The Morgan fingerprint density at radius 3 is 2.45 bits per heavy atom. The first kappa shape index (κ1) is 14.4. The van der Waals surface area contributed by atoms with Crippen molar-refractivity contribution in [1.29, 1.82) is 0 Å². The average molecular weight is 300 g/mol. The van der Waals surface area contributed by atoms with E-state index in [2.05, 4.69) is 20.6 Å². The van der Waals surface area contributed by atoms with Gasteiger partial charge in [0, 0.05) is 30.8 Å². The summed E-state index contributed by atoms with van der Waals surface area (Å²) in [5.74, 6) is 3.35. The van der Waals surface area contributed by atoms with Crippen LogP contribution >= 0.6 is 0 Å². The monoisotopic (exact) mass is 300 g/mol. The third-order valence-electron chi connectivity index (χ3n) is 3.62. The quantitative estimate of drug-likeness (QED) is 0.854. The zero-order valence-corrected chi connectivity index (χ0v) is 13.0. The van der Waals surface area contributed by atoms with Gasteiger partial charge in [-0.1, -0.05) is 0 Å². The maximum Gasteiger partial charge on any atom is 0.224 e. The summed E-state index contributed by atoms with van der Waals surface area (Å²) < 4.78 is 10.6. The summed E-state index contributed by atoms with van der Waals surface area (Å²) in [6.45, 7) is 0. The third-order valence-corrected chi connectivity index (χ3v) is 3.62. The topological polar surface area (TPSA) is 68.3 Å². The summed E-state index contributed by atoms with van der Waals surface area (Å²) in [6, 6.07) is 7.69. The lowest BCUT2D eigenvalue weighted by Crippen LogP contribution is -2.03. The van der Waals surface area contributed by atoms with Crippen LogP contribution in [0, 0.1) is 0 Å². The molecular weight excluding hydrogens is 280 g/mol. The van der Waals surface area contributed by atoms with Crippen molar-refractivity contribution < 1.29 is 9.47 Å². The Balaban J connectivity index is 1.87. The number of aromatic nitrogens is 2. The fourth-order valence-electron chi connectivity index (χ4n) is 2.29. The molecule has 0 bridgehead atoms. The number of anilines is 3. The predicted octanol–water partition coefficient (Wildman–Crippen LogP) is 3.16. The van der Waals surface area contributed by atoms with Gasteiger partial charge >= 0.3 is 0 Å². The Morgan fingerprint density at radius 2 is 1.82 bits per heavy atom. The second kappa shape index (κ2) is 6.09. The molecule has 0 radical (unpaired) electrons. The molecule has 3 rings (SSSR count). The molecule has 0 unspecified atom stereocenters. The molecule has 116 valence electrons. The van der Waals surface area contributed by atoms with Crippen LogP contribution in [0.2, 0.25) is 0 Å². The first-order valence-electron chi connectivity index (χ1n) is 7.29. The van der Waals surface area contributed by atoms with Crippen LogP contribution in [0.25, 0.3) is 0 Å². The minimum atomic E-state index is 0.570. The van der Waals surface area contributed by atoms with Gasteiger partial charge in [-0.15, -0.1) is 0 Å². The fraction of sp³-hybridized carbons (Fsp3) is 0.375. The lowest BCUT2D eigenvalue weighted by molar-refractivity contribution is 0.355. The summed E-state index contributed by atoms with van der Waals surface area (Å²) in [7, 11) is 5.07. The van der Waals surface area contributed by atoms with Gasteiger partial charge in [-0.05, 0) is 25.0 Å². The van der Waals surface area contributed by atoms with Crippen LogP contribution in [0.5, 0.6) is 11.5 Å². The van der Waals surface area contributed by atoms with E-state index in [9.17, 15) is 0 Å². The fourth-order valence-corrected chi connectivity index (χ4v) is 2.29. The molecule has 1 aromatic carbocycles. The van der Waals surface area contributed by atoms with Crippen molar-refractivity contribution in [3.63, 3.8) is 0 Å². The largest absolute Gasteiger partial charge is 0.493 e. The van der Waals surface area contributed by atoms with Crippen molar-refractivity contribution in [1.82, 2.24) is 9.97 Å². The van der Waals surface area contributed by atoms with E-state index in [1.54, 1.807) is 14.2 Å². The Hall–Kier alpha value is -2.50. The predicted molar refractivity (Wildman–Crippen MR) is 86.4 cm³/mol. The van der Waals surface area contributed by atoms with Crippen LogP contribution in [0.3, 0.4) is 0 Å². The van der Waals surface area contributed by atoms with Gasteiger partial charge < -0.3 is 20.1 Å². The van der Waals surface area contributed by atoms with Gasteiger partial charge in [0.05, 0.1) is 19.9 Å². The molecule has 6 heteroatoms. The molecular formula is C16H20N4O2. The maximum atomic E-state index is 5.32. The van der Waals surface area contributed by atoms with Gasteiger partial charge in [0.25, 0.3) is 0 Å². The molecule has 0 atom stereocenters. The Kier molecular flexibility index (Phi) is 4.00. The molecule has 1 saturated carbocycles. The number of methoxy groups -OCH3 is 2. The summed E-state index contributed by atoms with van der Waals surface area (Å²) in [6.07, 6.45) is 2.41. The van der Waals surface area contributed by atoms with E-state index in [1.165, 1.54) is 12.8 Å². The molecule has 2 aromatic rings. The van der Waals surface area contributed by atoms with Gasteiger partial charge in [0.2, 0.25) is 5.95 Å². The SMILES string of the molecule is CNc1nc(Nc2ccc(OC)c(OC)c2)cc(C2CC2)n1. The number of nitrogens with one attached hydrogen (secondary N) is 2. The zero-order chi connectivity index (χ0) is 15.5. The lowest BCUT2D eigenvalue weighted by Gasteiger charge is -2.12. The van der Waals surface area contributed by atoms with Crippen molar-refractivity contribution >= 4 is 17.5 Å². The highest BCUT2D eigenvalue weighted by Gasteiger charge is 2.26. The molecule has 0 saturated heterocycles. The van der Waals surface area contributed by atoms with E-state index in [0.717, 1.165) is 17.2 Å². The van der Waals surface area contributed by atoms with Crippen LogP contribution < -0.4 is 20.1 Å². The molecule has 6 nitrogen and oxygen atoms in total. The van der Waals surface area contributed by atoms with Crippen LogP contribution in [0.4, 0.5) is 17.5 Å². The number of nitrogens with zero attached hydrogens (tertiary/aromatic N) is 2. The summed E-state index contributed by atoms with van der Waals surface area (Å²) in [5, 5.41) is 6.31. The van der Waals surface area contributed by atoms with E-state index in [0.29, 0.717) is 23.4 Å². The van der Waals surface area contributed by atoms with Crippen molar-refractivity contribution in [2.24, 2.45) is 0 Å². The van der Waals surface area contributed by atoms with Gasteiger partial charge in [0.15, 0.2) is 11.5 Å². The third kappa shape index (κ3) is 3.05. The number of rotatable bonds is 6. The number of ether oxygens (including phenoxy) is 2. The van der Waals surface area contributed by atoms with Gasteiger partial charge in [-0.3, -0.25) is 0 Å². The number of hydrogen-bond donors (Lipinski definition) is 2. The molecule has 0 spiro atoms. The minimum absolute atomic E-state index is 0.570. The first-order valence-corrected chi connectivity index (χ1v) is 7.29. The standard InChI is InChI=1S/C16H20N4O2/c1-17-16-19-12(10-4-5-10)9-15(20-16)18-11-6-7-13(21-2)14(8-11)22-3/h6-10H,4-5H2,1-3H3,(H2,17,18,19,20). The molecule has 0 amide bonds. The maximum absolute atomic E-state index is 5.32. The molecule has 0 aliphatic heterocycles. The van der Waals surface area contributed by atoms with E-state index in [-0.39, 0.29) is 0 Å². The molecule has 1 fully saturated rings.